The van der Waals surface area contributed by atoms with E-state index in [-0.39, 0.29) is 13.2 Å². The Kier molecular flexibility index (Phi) is 7.96. The van der Waals surface area contributed by atoms with Crippen LogP contribution in [0.1, 0.15) is 25.5 Å². The third kappa shape index (κ3) is 4.06. The summed E-state index contributed by atoms with van der Waals surface area (Å²) >= 11 is 3.41. The Hall–Kier alpha value is -2.46. The summed E-state index contributed by atoms with van der Waals surface area (Å²) in [6.07, 6.45) is 0. The number of hydrogen-bond donors (Lipinski definition) is 1. The fraction of sp³-hybridized carbons (Fsp3) is 0.500. The van der Waals surface area contributed by atoms with Crippen molar-refractivity contribution in [2.45, 2.75) is 25.4 Å². The highest BCUT2D eigenvalue weighted by Crippen LogP contribution is 2.47. The van der Waals surface area contributed by atoms with Crippen molar-refractivity contribution in [1.82, 2.24) is 5.32 Å². The number of esters is 4. The van der Waals surface area contributed by atoms with Gasteiger partial charge in [-0.15, -0.1) is 0 Å². The topological polar surface area (TPSA) is 117 Å². The second-order valence-corrected chi connectivity index (χ2v) is 7.30. The molecule has 0 bridgehead atoms. The molecule has 10 heteroatoms. The zero-order valence-corrected chi connectivity index (χ0v) is 18.7. The Bertz CT molecular complexity index is 809. The lowest BCUT2D eigenvalue weighted by atomic mass is 9.77. The van der Waals surface area contributed by atoms with Gasteiger partial charge in [-0.2, -0.15) is 0 Å². The van der Waals surface area contributed by atoms with Crippen molar-refractivity contribution in [3.63, 3.8) is 0 Å². The van der Waals surface area contributed by atoms with Gasteiger partial charge in [-0.25, -0.2) is 9.59 Å². The van der Waals surface area contributed by atoms with Crippen molar-refractivity contribution >= 4 is 39.8 Å². The molecule has 1 aromatic rings. The van der Waals surface area contributed by atoms with Crippen LogP contribution in [0, 0.1) is 11.8 Å². The van der Waals surface area contributed by atoms with Gasteiger partial charge in [0.25, 0.3) is 0 Å². The summed E-state index contributed by atoms with van der Waals surface area (Å²) in [4.78, 5) is 51.8. The first-order chi connectivity index (χ1) is 14.3. The second-order valence-electron chi connectivity index (χ2n) is 6.44. The molecule has 0 spiro atoms. The van der Waals surface area contributed by atoms with E-state index >= 15 is 0 Å². The molecule has 0 unspecified atom stereocenters. The summed E-state index contributed by atoms with van der Waals surface area (Å²) in [7, 11) is 2.26. The van der Waals surface area contributed by atoms with E-state index in [0.29, 0.717) is 10.0 Å². The minimum Gasteiger partial charge on any atom is -0.469 e. The van der Waals surface area contributed by atoms with E-state index in [9.17, 15) is 19.2 Å². The monoisotopic (exact) mass is 485 g/mol. The van der Waals surface area contributed by atoms with Gasteiger partial charge in [-0.05, 0) is 25.5 Å². The molecule has 0 aromatic heterocycles. The molecule has 1 aliphatic rings. The highest BCUT2D eigenvalue weighted by molar-refractivity contribution is 9.10. The first kappa shape index (κ1) is 23.8. The molecular weight excluding hydrogens is 462 g/mol. The minimum absolute atomic E-state index is 0.0574. The average Bonchev–Trinajstić information content (AvgIpc) is 3.10. The Balaban J connectivity index is 2.79. The number of nitrogens with one attached hydrogen (secondary N) is 1. The predicted molar refractivity (Wildman–Crippen MR) is 107 cm³/mol. The molecule has 0 saturated carbocycles. The number of carbonyl (C=O) groups is 4. The van der Waals surface area contributed by atoms with Gasteiger partial charge >= 0.3 is 23.9 Å². The number of ether oxygens (including phenoxy) is 4. The van der Waals surface area contributed by atoms with Gasteiger partial charge < -0.3 is 18.9 Å². The van der Waals surface area contributed by atoms with E-state index < -0.39 is 47.3 Å². The summed E-state index contributed by atoms with van der Waals surface area (Å²) in [5, 5.41) is 2.88. The molecule has 2 rings (SSSR count). The van der Waals surface area contributed by atoms with Crippen molar-refractivity contribution in [1.29, 1.82) is 0 Å². The van der Waals surface area contributed by atoms with Crippen LogP contribution >= 0.6 is 15.9 Å². The molecule has 0 radical (unpaired) electrons. The van der Waals surface area contributed by atoms with E-state index in [4.69, 9.17) is 18.9 Å². The maximum absolute atomic E-state index is 13.1. The molecule has 3 atom stereocenters. The SMILES string of the molecule is CCOC(=O)C1(C(=O)OCC)N[C@H](c2ccccc2Br)[C@H](C(=O)OC)[C@@H]1C(=O)OC. The van der Waals surface area contributed by atoms with E-state index in [1.807, 2.05) is 0 Å². The van der Waals surface area contributed by atoms with E-state index in [2.05, 4.69) is 21.2 Å². The Labute approximate surface area is 182 Å². The summed E-state index contributed by atoms with van der Waals surface area (Å²) in [5.74, 6) is -6.67. The van der Waals surface area contributed by atoms with Gasteiger partial charge in [-0.3, -0.25) is 14.9 Å². The number of rotatable bonds is 7. The van der Waals surface area contributed by atoms with E-state index in [1.165, 1.54) is 0 Å². The number of benzene rings is 1. The lowest BCUT2D eigenvalue weighted by Crippen LogP contribution is -2.62. The maximum Gasteiger partial charge on any atom is 0.339 e. The van der Waals surface area contributed by atoms with Crippen molar-refractivity contribution in [2.75, 3.05) is 27.4 Å². The van der Waals surface area contributed by atoms with Crippen molar-refractivity contribution in [3.8, 4) is 0 Å². The molecule has 9 nitrogen and oxygen atoms in total. The van der Waals surface area contributed by atoms with Crippen LogP contribution in [0.2, 0.25) is 0 Å². The Morgan fingerprint density at radius 1 is 0.967 bits per heavy atom. The predicted octanol–water partition coefficient (Wildman–Crippen LogP) is 1.54. The normalized spacial score (nSPS) is 22.1. The van der Waals surface area contributed by atoms with Gasteiger partial charge in [0, 0.05) is 10.5 Å². The zero-order chi connectivity index (χ0) is 22.5. The molecule has 1 N–H and O–H groups in total. The second kappa shape index (κ2) is 10.0. The largest absolute Gasteiger partial charge is 0.469 e. The molecule has 1 aromatic carbocycles. The Morgan fingerprint density at radius 3 is 1.97 bits per heavy atom. The molecule has 1 aliphatic heterocycles. The summed E-state index contributed by atoms with van der Waals surface area (Å²) < 4.78 is 20.6. The van der Waals surface area contributed by atoms with Crippen LogP contribution in [-0.4, -0.2) is 56.8 Å². The zero-order valence-electron chi connectivity index (χ0n) is 17.1. The van der Waals surface area contributed by atoms with Crippen molar-refractivity contribution in [3.05, 3.63) is 34.3 Å². The first-order valence-electron chi connectivity index (χ1n) is 9.32. The number of methoxy groups -OCH3 is 2. The summed E-state index contributed by atoms with van der Waals surface area (Å²) in [6, 6.07) is 5.95. The maximum atomic E-state index is 13.1. The van der Waals surface area contributed by atoms with Gasteiger partial charge in [0.2, 0.25) is 5.54 Å². The van der Waals surface area contributed by atoms with Crippen LogP contribution in [-0.2, 0) is 38.1 Å². The molecule has 0 aliphatic carbocycles. The average molecular weight is 486 g/mol. The summed E-state index contributed by atoms with van der Waals surface area (Å²) in [6.45, 7) is 3.00. The minimum atomic E-state index is -2.29. The van der Waals surface area contributed by atoms with Crippen LogP contribution in [0.5, 0.6) is 0 Å². The van der Waals surface area contributed by atoms with Crippen LogP contribution in [0.4, 0.5) is 0 Å². The van der Waals surface area contributed by atoms with Gasteiger partial charge in [0.1, 0.15) is 5.92 Å². The third-order valence-electron chi connectivity index (χ3n) is 4.93. The van der Waals surface area contributed by atoms with E-state index in [0.717, 1.165) is 14.2 Å². The van der Waals surface area contributed by atoms with Crippen LogP contribution < -0.4 is 5.32 Å². The first-order valence-corrected chi connectivity index (χ1v) is 10.1. The van der Waals surface area contributed by atoms with Gasteiger partial charge in [-0.1, -0.05) is 34.1 Å². The van der Waals surface area contributed by atoms with Crippen LogP contribution in [0.3, 0.4) is 0 Å². The highest BCUT2D eigenvalue weighted by atomic mass is 79.9. The smallest absolute Gasteiger partial charge is 0.339 e. The molecule has 0 amide bonds. The highest BCUT2D eigenvalue weighted by Gasteiger charge is 2.70. The lowest BCUT2D eigenvalue weighted by Gasteiger charge is -2.30. The lowest BCUT2D eigenvalue weighted by molar-refractivity contribution is -0.175. The summed E-state index contributed by atoms with van der Waals surface area (Å²) in [5.41, 5.74) is -1.75. The van der Waals surface area contributed by atoms with E-state index in [1.54, 1.807) is 38.1 Å². The molecule has 30 heavy (non-hydrogen) atoms. The third-order valence-corrected chi connectivity index (χ3v) is 5.65. The Morgan fingerprint density at radius 2 is 1.50 bits per heavy atom. The van der Waals surface area contributed by atoms with Crippen molar-refractivity contribution < 1.29 is 38.1 Å². The number of hydrogen-bond acceptors (Lipinski definition) is 9. The number of carbonyl (C=O) groups excluding carboxylic acids is 4. The fourth-order valence-electron chi connectivity index (χ4n) is 3.69. The fourth-order valence-corrected chi connectivity index (χ4v) is 4.22. The van der Waals surface area contributed by atoms with Crippen molar-refractivity contribution in [2.24, 2.45) is 11.8 Å². The molecule has 164 valence electrons. The van der Waals surface area contributed by atoms with Gasteiger partial charge in [0.15, 0.2) is 0 Å². The van der Waals surface area contributed by atoms with Crippen LogP contribution in [0.25, 0.3) is 0 Å². The molecule has 1 fully saturated rings. The molecular formula is C20H24BrNO8. The van der Waals surface area contributed by atoms with Crippen LogP contribution in [0.15, 0.2) is 28.7 Å². The van der Waals surface area contributed by atoms with Gasteiger partial charge in [0.05, 0.1) is 33.4 Å². The standard InChI is InChI=1S/C20H24BrNO8/c1-5-29-18(25)20(19(26)30-6-2)14(17(24)28-4)13(16(23)27-3)15(22-20)11-9-7-8-10-12(11)21/h7-10,13-15,22H,5-6H2,1-4H3/t13-,14-,15-/m1/s1. The number of halogens is 1. The molecule has 1 heterocycles. The quantitative estimate of drug-likeness (QED) is 0.348. The molecule has 1 saturated heterocycles.